The van der Waals surface area contributed by atoms with Crippen LogP contribution in [0.3, 0.4) is 0 Å². The van der Waals surface area contributed by atoms with Gasteiger partial charge in [0.05, 0.1) is 23.7 Å². The lowest BCUT2D eigenvalue weighted by atomic mass is 10.1. The van der Waals surface area contributed by atoms with E-state index in [-0.39, 0.29) is 18.0 Å². The molecule has 0 radical (unpaired) electrons. The molecule has 0 aromatic heterocycles. The number of nitro benzene ring substituents is 1. The van der Waals surface area contributed by atoms with Gasteiger partial charge in [0, 0.05) is 19.7 Å². The normalized spacial score (nSPS) is 10.0. The molecule has 0 aliphatic heterocycles. The van der Waals surface area contributed by atoms with Crippen LogP contribution in [0.25, 0.3) is 0 Å². The monoisotopic (exact) mass is 315 g/mol. The Balaban J connectivity index is 2.33. The van der Waals surface area contributed by atoms with Gasteiger partial charge in [-0.05, 0) is 29.8 Å². The first-order valence-corrected chi connectivity index (χ1v) is 6.68. The zero-order chi connectivity index (χ0) is 17.0. The predicted octanol–water partition coefficient (Wildman–Crippen LogP) is 3.25. The van der Waals surface area contributed by atoms with Gasteiger partial charge in [-0.2, -0.15) is 5.26 Å². The Morgan fingerprint density at radius 3 is 2.65 bits per heavy atom. The Morgan fingerprint density at radius 1 is 1.35 bits per heavy atom. The van der Waals surface area contributed by atoms with Gasteiger partial charge < -0.3 is 9.64 Å². The van der Waals surface area contributed by atoms with E-state index in [9.17, 15) is 14.5 Å². The Hall–Kier alpha value is -3.14. The third-order valence-electron chi connectivity index (χ3n) is 3.35. The van der Waals surface area contributed by atoms with E-state index in [1.165, 1.54) is 37.4 Å². The van der Waals surface area contributed by atoms with Gasteiger partial charge in [-0.1, -0.05) is 6.07 Å². The van der Waals surface area contributed by atoms with E-state index >= 15 is 0 Å². The van der Waals surface area contributed by atoms with Crippen molar-refractivity contribution in [3.05, 3.63) is 63.5 Å². The van der Waals surface area contributed by atoms with Crippen molar-refractivity contribution in [1.29, 1.82) is 5.26 Å². The SMILES string of the molecule is COc1ccc(CN(C)c2cc(C#N)ccc2[N+](=O)[O-])cc1F. The molecule has 0 N–H and O–H groups in total. The second-order valence-corrected chi connectivity index (χ2v) is 4.90. The summed E-state index contributed by atoms with van der Waals surface area (Å²) in [6.45, 7) is 0.247. The van der Waals surface area contributed by atoms with Crippen LogP contribution >= 0.6 is 0 Å². The molecule has 0 bridgehead atoms. The molecule has 0 saturated heterocycles. The van der Waals surface area contributed by atoms with Crippen molar-refractivity contribution in [2.45, 2.75) is 6.54 Å². The van der Waals surface area contributed by atoms with Crippen LogP contribution in [0.4, 0.5) is 15.8 Å². The molecule has 118 valence electrons. The summed E-state index contributed by atoms with van der Waals surface area (Å²) < 4.78 is 18.6. The number of anilines is 1. The second kappa shape index (κ2) is 6.75. The molecule has 6 nitrogen and oxygen atoms in total. The Kier molecular flexibility index (Phi) is 4.76. The molecular weight excluding hydrogens is 301 g/mol. The fourth-order valence-electron chi connectivity index (χ4n) is 2.22. The number of nitriles is 1. The molecule has 0 aliphatic carbocycles. The van der Waals surface area contributed by atoms with Gasteiger partial charge in [-0.3, -0.25) is 10.1 Å². The summed E-state index contributed by atoms with van der Waals surface area (Å²) in [6.07, 6.45) is 0. The first-order chi connectivity index (χ1) is 11.0. The lowest BCUT2D eigenvalue weighted by Crippen LogP contribution is -2.18. The first kappa shape index (κ1) is 16.2. The van der Waals surface area contributed by atoms with Crippen LogP contribution in [0, 0.1) is 27.3 Å². The highest BCUT2D eigenvalue weighted by Gasteiger charge is 2.18. The van der Waals surface area contributed by atoms with Gasteiger partial charge in [0.1, 0.15) is 5.69 Å². The van der Waals surface area contributed by atoms with Crippen LogP contribution in [0.15, 0.2) is 36.4 Å². The predicted molar refractivity (Wildman–Crippen MR) is 82.9 cm³/mol. The highest BCUT2D eigenvalue weighted by atomic mass is 19.1. The van der Waals surface area contributed by atoms with Crippen molar-refractivity contribution in [2.75, 3.05) is 19.1 Å². The number of benzene rings is 2. The number of hydrogen-bond donors (Lipinski definition) is 0. The molecule has 2 rings (SSSR count). The van der Waals surface area contributed by atoms with E-state index in [0.717, 1.165) is 0 Å². The van der Waals surface area contributed by atoms with Crippen LogP contribution in [0.5, 0.6) is 5.75 Å². The summed E-state index contributed by atoms with van der Waals surface area (Å²) in [5, 5.41) is 20.1. The average Bonchev–Trinajstić information content (AvgIpc) is 2.54. The van der Waals surface area contributed by atoms with Gasteiger partial charge in [0.25, 0.3) is 5.69 Å². The topological polar surface area (TPSA) is 79.4 Å². The fourth-order valence-corrected chi connectivity index (χ4v) is 2.22. The minimum Gasteiger partial charge on any atom is -0.494 e. The minimum atomic E-state index is -0.512. The molecule has 0 heterocycles. The van der Waals surface area contributed by atoms with E-state index in [0.29, 0.717) is 16.8 Å². The van der Waals surface area contributed by atoms with Gasteiger partial charge >= 0.3 is 0 Å². The van der Waals surface area contributed by atoms with Gasteiger partial charge in [-0.25, -0.2) is 4.39 Å². The molecule has 0 amide bonds. The first-order valence-electron chi connectivity index (χ1n) is 6.68. The number of halogens is 1. The quantitative estimate of drug-likeness (QED) is 0.625. The molecule has 0 unspecified atom stereocenters. The summed E-state index contributed by atoms with van der Waals surface area (Å²) in [5.41, 5.74) is 1.13. The summed E-state index contributed by atoms with van der Waals surface area (Å²) in [4.78, 5) is 12.2. The molecule has 0 aliphatic rings. The maximum absolute atomic E-state index is 13.7. The number of ether oxygens (including phenoxy) is 1. The zero-order valence-electron chi connectivity index (χ0n) is 12.6. The standard InChI is InChI=1S/C16H14FN3O3/c1-19(10-12-4-6-16(23-2)13(17)7-12)15-8-11(9-18)3-5-14(15)20(21)22/h3-8H,10H2,1-2H3. The lowest BCUT2D eigenvalue weighted by Gasteiger charge is -2.19. The Bertz CT molecular complexity index is 787. The molecule has 0 saturated carbocycles. The lowest BCUT2D eigenvalue weighted by molar-refractivity contribution is -0.384. The van der Waals surface area contributed by atoms with Crippen LogP contribution in [-0.4, -0.2) is 19.1 Å². The molecule has 0 spiro atoms. The number of methoxy groups -OCH3 is 1. The van der Waals surface area contributed by atoms with Crippen molar-refractivity contribution in [1.82, 2.24) is 0 Å². The van der Waals surface area contributed by atoms with Crippen molar-refractivity contribution in [2.24, 2.45) is 0 Å². The van der Waals surface area contributed by atoms with Crippen LogP contribution in [-0.2, 0) is 6.54 Å². The minimum absolute atomic E-state index is 0.111. The highest BCUT2D eigenvalue weighted by molar-refractivity contribution is 5.65. The Labute approximate surface area is 132 Å². The third-order valence-corrected chi connectivity index (χ3v) is 3.35. The summed E-state index contributed by atoms with van der Waals surface area (Å²) in [6, 6.07) is 10.6. The van der Waals surface area contributed by atoms with Crippen molar-refractivity contribution >= 4 is 11.4 Å². The summed E-state index contributed by atoms with van der Waals surface area (Å²) >= 11 is 0. The van der Waals surface area contributed by atoms with Crippen molar-refractivity contribution in [3.63, 3.8) is 0 Å². The summed E-state index contributed by atoms with van der Waals surface area (Å²) in [7, 11) is 3.02. The fraction of sp³-hybridized carbons (Fsp3) is 0.188. The molecule has 0 fully saturated rings. The van der Waals surface area contributed by atoms with Gasteiger partial charge in [0.2, 0.25) is 0 Å². The molecular formula is C16H14FN3O3. The molecule has 2 aromatic rings. The van der Waals surface area contributed by atoms with Gasteiger partial charge in [0.15, 0.2) is 11.6 Å². The number of nitro groups is 1. The van der Waals surface area contributed by atoms with Gasteiger partial charge in [-0.15, -0.1) is 0 Å². The largest absolute Gasteiger partial charge is 0.494 e. The zero-order valence-corrected chi connectivity index (χ0v) is 12.6. The maximum Gasteiger partial charge on any atom is 0.292 e. The second-order valence-electron chi connectivity index (χ2n) is 4.90. The van der Waals surface area contributed by atoms with E-state index in [1.54, 1.807) is 18.0 Å². The van der Waals surface area contributed by atoms with E-state index in [2.05, 4.69) is 0 Å². The van der Waals surface area contributed by atoms with E-state index in [4.69, 9.17) is 10.00 Å². The average molecular weight is 315 g/mol. The molecule has 0 atom stereocenters. The number of rotatable bonds is 5. The summed E-state index contributed by atoms with van der Waals surface area (Å²) in [5.74, 6) is -0.368. The van der Waals surface area contributed by atoms with E-state index in [1.807, 2.05) is 6.07 Å². The third kappa shape index (κ3) is 3.55. The molecule has 2 aromatic carbocycles. The van der Waals surface area contributed by atoms with Crippen LogP contribution in [0.2, 0.25) is 0 Å². The van der Waals surface area contributed by atoms with Crippen LogP contribution in [0.1, 0.15) is 11.1 Å². The van der Waals surface area contributed by atoms with Crippen LogP contribution < -0.4 is 9.64 Å². The number of hydrogen-bond acceptors (Lipinski definition) is 5. The van der Waals surface area contributed by atoms with Crippen molar-refractivity contribution < 1.29 is 14.1 Å². The maximum atomic E-state index is 13.7. The van der Waals surface area contributed by atoms with Crippen molar-refractivity contribution in [3.8, 4) is 11.8 Å². The smallest absolute Gasteiger partial charge is 0.292 e. The number of nitrogens with zero attached hydrogens (tertiary/aromatic N) is 3. The molecule has 7 heteroatoms. The van der Waals surface area contributed by atoms with E-state index < -0.39 is 10.7 Å². The highest BCUT2D eigenvalue weighted by Crippen LogP contribution is 2.30. The Morgan fingerprint density at radius 2 is 2.09 bits per heavy atom. The molecule has 23 heavy (non-hydrogen) atoms.